The second-order valence-electron chi connectivity index (χ2n) is 4.78. The smallest absolute Gasteiger partial charge is 0.141 e. The molecule has 1 atom stereocenters. The van der Waals surface area contributed by atoms with Crippen molar-refractivity contribution in [3.05, 3.63) is 34.9 Å². The van der Waals surface area contributed by atoms with Crippen LogP contribution in [0.3, 0.4) is 0 Å². The maximum atomic E-state index is 12.0. The lowest BCUT2D eigenvalue weighted by Crippen LogP contribution is -2.27. The summed E-state index contributed by atoms with van der Waals surface area (Å²) in [4.78, 5) is 12.0. The fourth-order valence-corrected chi connectivity index (χ4v) is 1.83. The highest BCUT2D eigenvalue weighted by Crippen LogP contribution is 2.13. The molecule has 0 spiro atoms. The van der Waals surface area contributed by atoms with E-state index in [1.165, 1.54) is 16.7 Å². The first-order valence-corrected chi connectivity index (χ1v) is 6.34. The van der Waals surface area contributed by atoms with Crippen LogP contribution in [0.5, 0.6) is 0 Å². The van der Waals surface area contributed by atoms with Crippen LogP contribution in [0.1, 0.15) is 30.5 Å². The molecule has 94 valence electrons. The van der Waals surface area contributed by atoms with E-state index in [1.807, 2.05) is 6.92 Å². The van der Waals surface area contributed by atoms with Gasteiger partial charge in [0.1, 0.15) is 5.78 Å². The summed E-state index contributed by atoms with van der Waals surface area (Å²) in [6.45, 7) is 9.88. The van der Waals surface area contributed by atoms with Gasteiger partial charge in [0.15, 0.2) is 0 Å². The molecule has 1 aromatic carbocycles. The van der Waals surface area contributed by atoms with Gasteiger partial charge in [-0.3, -0.25) is 4.79 Å². The molecule has 0 aliphatic carbocycles. The Balaban J connectivity index is 2.64. The van der Waals surface area contributed by atoms with Crippen molar-refractivity contribution in [2.45, 2.75) is 34.1 Å². The van der Waals surface area contributed by atoms with Gasteiger partial charge in [-0.1, -0.05) is 37.6 Å². The average Bonchev–Trinajstić information content (AvgIpc) is 2.30. The molecule has 1 unspecified atom stereocenters. The molecule has 2 nitrogen and oxygen atoms in total. The Kier molecular flexibility index (Phi) is 5.36. The number of carbonyl (C=O) groups excluding carboxylic acids is 1. The predicted octanol–water partition coefficient (Wildman–Crippen LogP) is 2.66. The summed E-state index contributed by atoms with van der Waals surface area (Å²) in [5, 5.41) is 3.22. The van der Waals surface area contributed by atoms with E-state index >= 15 is 0 Å². The van der Waals surface area contributed by atoms with Crippen LogP contribution < -0.4 is 5.32 Å². The molecular formula is C15H23NO. The van der Waals surface area contributed by atoms with Gasteiger partial charge in [0.2, 0.25) is 0 Å². The Morgan fingerprint density at radius 1 is 1.35 bits per heavy atom. The Morgan fingerprint density at radius 2 is 2.06 bits per heavy atom. The second kappa shape index (κ2) is 6.55. The van der Waals surface area contributed by atoms with E-state index in [9.17, 15) is 4.79 Å². The summed E-state index contributed by atoms with van der Waals surface area (Å²) in [6.07, 6.45) is 0.556. The number of rotatable bonds is 6. The third-order valence-electron chi connectivity index (χ3n) is 3.12. The zero-order valence-corrected chi connectivity index (χ0v) is 11.3. The number of carbonyl (C=O) groups is 1. The van der Waals surface area contributed by atoms with Gasteiger partial charge in [0.25, 0.3) is 0 Å². The fourth-order valence-electron chi connectivity index (χ4n) is 1.83. The number of aryl methyl sites for hydroxylation is 2. The first kappa shape index (κ1) is 13.9. The first-order chi connectivity index (χ1) is 8.04. The summed E-state index contributed by atoms with van der Waals surface area (Å²) in [5.74, 6) is 0.412. The standard InChI is InChI=1S/C15H23NO/c1-5-16-10-13(4)15(17)9-14-8-11(2)6-7-12(14)3/h6-8,13,16H,5,9-10H2,1-4H3. The van der Waals surface area contributed by atoms with Crippen LogP contribution >= 0.6 is 0 Å². The van der Waals surface area contributed by atoms with Crippen molar-refractivity contribution < 1.29 is 4.79 Å². The minimum absolute atomic E-state index is 0.0925. The van der Waals surface area contributed by atoms with Gasteiger partial charge < -0.3 is 5.32 Å². The molecule has 1 aromatic rings. The van der Waals surface area contributed by atoms with E-state index in [-0.39, 0.29) is 5.92 Å². The van der Waals surface area contributed by atoms with E-state index in [0.717, 1.165) is 13.1 Å². The van der Waals surface area contributed by atoms with E-state index in [1.54, 1.807) is 0 Å². The zero-order chi connectivity index (χ0) is 12.8. The van der Waals surface area contributed by atoms with Crippen molar-refractivity contribution >= 4 is 5.78 Å². The van der Waals surface area contributed by atoms with Crippen LogP contribution in [0, 0.1) is 19.8 Å². The zero-order valence-electron chi connectivity index (χ0n) is 11.3. The molecule has 0 fully saturated rings. The minimum Gasteiger partial charge on any atom is -0.316 e. The Morgan fingerprint density at radius 3 is 2.71 bits per heavy atom. The van der Waals surface area contributed by atoms with Gasteiger partial charge in [0, 0.05) is 18.9 Å². The molecule has 0 aliphatic rings. The van der Waals surface area contributed by atoms with Crippen LogP contribution in [-0.4, -0.2) is 18.9 Å². The third kappa shape index (κ3) is 4.31. The van der Waals surface area contributed by atoms with E-state index in [4.69, 9.17) is 0 Å². The van der Waals surface area contributed by atoms with E-state index in [2.05, 4.69) is 44.3 Å². The van der Waals surface area contributed by atoms with Crippen molar-refractivity contribution in [3.63, 3.8) is 0 Å². The summed E-state index contributed by atoms with van der Waals surface area (Å²) in [6, 6.07) is 6.30. The molecular weight excluding hydrogens is 210 g/mol. The van der Waals surface area contributed by atoms with E-state index in [0.29, 0.717) is 12.2 Å². The number of hydrogen-bond donors (Lipinski definition) is 1. The maximum Gasteiger partial charge on any atom is 0.141 e. The number of nitrogens with one attached hydrogen (secondary N) is 1. The van der Waals surface area contributed by atoms with Crippen LogP contribution in [0.25, 0.3) is 0 Å². The topological polar surface area (TPSA) is 29.1 Å². The van der Waals surface area contributed by atoms with Crippen molar-refractivity contribution in [2.75, 3.05) is 13.1 Å². The summed E-state index contributed by atoms with van der Waals surface area (Å²) < 4.78 is 0. The largest absolute Gasteiger partial charge is 0.316 e. The van der Waals surface area contributed by atoms with Gasteiger partial charge in [0.05, 0.1) is 0 Å². The molecule has 0 bridgehead atoms. The van der Waals surface area contributed by atoms with Crippen molar-refractivity contribution in [1.82, 2.24) is 5.32 Å². The fraction of sp³-hybridized carbons (Fsp3) is 0.533. The summed E-state index contributed by atoms with van der Waals surface area (Å²) in [5.41, 5.74) is 3.59. The molecule has 0 amide bonds. The van der Waals surface area contributed by atoms with Crippen LogP contribution in [0.4, 0.5) is 0 Å². The van der Waals surface area contributed by atoms with Gasteiger partial charge in [-0.2, -0.15) is 0 Å². The van der Waals surface area contributed by atoms with Crippen LogP contribution in [0.2, 0.25) is 0 Å². The van der Waals surface area contributed by atoms with Gasteiger partial charge in [-0.15, -0.1) is 0 Å². The summed E-state index contributed by atoms with van der Waals surface area (Å²) in [7, 11) is 0. The Labute approximate surface area is 104 Å². The second-order valence-corrected chi connectivity index (χ2v) is 4.78. The molecule has 0 aromatic heterocycles. The van der Waals surface area contributed by atoms with Crippen LogP contribution in [0.15, 0.2) is 18.2 Å². The quantitative estimate of drug-likeness (QED) is 0.818. The molecule has 1 N–H and O–H groups in total. The van der Waals surface area contributed by atoms with Crippen molar-refractivity contribution in [3.8, 4) is 0 Å². The number of ketones is 1. The lowest BCUT2D eigenvalue weighted by atomic mass is 9.95. The SMILES string of the molecule is CCNCC(C)C(=O)Cc1cc(C)ccc1C. The van der Waals surface area contributed by atoms with Gasteiger partial charge >= 0.3 is 0 Å². The number of benzene rings is 1. The maximum absolute atomic E-state index is 12.0. The molecule has 0 saturated heterocycles. The monoisotopic (exact) mass is 233 g/mol. The lowest BCUT2D eigenvalue weighted by Gasteiger charge is -2.12. The average molecular weight is 233 g/mol. The van der Waals surface area contributed by atoms with Crippen molar-refractivity contribution in [2.24, 2.45) is 5.92 Å². The molecule has 0 radical (unpaired) electrons. The van der Waals surface area contributed by atoms with Gasteiger partial charge in [-0.05, 0) is 31.5 Å². The highest BCUT2D eigenvalue weighted by molar-refractivity contribution is 5.83. The van der Waals surface area contributed by atoms with Crippen LogP contribution in [-0.2, 0) is 11.2 Å². The third-order valence-corrected chi connectivity index (χ3v) is 3.12. The minimum atomic E-state index is 0.0925. The van der Waals surface area contributed by atoms with Gasteiger partial charge in [-0.25, -0.2) is 0 Å². The normalized spacial score (nSPS) is 12.5. The molecule has 0 aliphatic heterocycles. The molecule has 2 heteroatoms. The highest BCUT2D eigenvalue weighted by Gasteiger charge is 2.13. The lowest BCUT2D eigenvalue weighted by molar-refractivity contribution is -0.121. The number of hydrogen-bond acceptors (Lipinski definition) is 2. The Hall–Kier alpha value is -1.15. The number of Topliss-reactive ketones (excluding diaryl/α,β-unsaturated/α-hetero) is 1. The Bertz CT molecular complexity index is 385. The first-order valence-electron chi connectivity index (χ1n) is 6.34. The summed E-state index contributed by atoms with van der Waals surface area (Å²) >= 11 is 0. The van der Waals surface area contributed by atoms with E-state index < -0.39 is 0 Å². The molecule has 0 saturated carbocycles. The highest BCUT2D eigenvalue weighted by atomic mass is 16.1. The molecule has 1 rings (SSSR count). The predicted molar refractivity (Wildman–Crippen MR) is 72.3 cm³/mol. The molecule has 17 heavy (non-hydrogen) atoms. The van der Waals surface area contributed by atoms with Crippen molar-refractivity contribution in [1.29, 1.82) is 0 Å². The molecule has 0 heterocycles.